The molecule has 8 nitrogen and oxygen atoms in total. The lowest BCUT2D eigenvalue weighted by molar-refractivity contribution is 0.0955. The molecule has 25 heavy (non-hydrogen) atoms. The second kappa shape index (κ2) is 6.38. The number of nitrogens with zero attached hydrogens (tertiary/aromatic N) is 6. The molecule has 0 spiro atoms. The number of fused-ring (bicyclic) bond motifs is 1. The number of hydrogen-bond acceptors (Lipinski definition) is 7. The molecular weight excluding hydrogens is 318 g/mol. The van der Waals surface area contributed by atoms with E-state index in [0.717, 1.165) is 35.5 Å². The number of methoxy groups -OCH3 is 1. The van der Waals surface area contributed by atoms with Crippen LogP contribution in [0.1, 0.15) is 17.4 Å². The van der Waals surface area contributed by atoms with E-state index in [-0.39, 0.29) is 12.0 Å². The second-order valence-corrected chi connectivity index (χ2v) is 6.43. The molecule has 1 aliphatic heterocycles. The lowest BCUT2D eigenvalue weighted by Crippen LogP contribution is -2.23. The highest BCUT2D eigenvalue weighted by Gasteiger charge is 2.36. The average Bonchev–Trinajstić information content (AvgIpc) is 3.20. The molecule has 0 radical (unpaired) electrons. The first-order valence-corrected chi connectivity index (χ1v) is 8.26. The van der Waals surface area contributed by atoms with Gasteiger partial charge in [-0.15, -0.1) is 5.10 Å². The summed E-state index contributed by atoms with van der Waals surface area (Å²) in [7, 11) is 3.61. The Kier molecular flexibility index (Phi) is 4.06. The molecule has 0 unspecified atom stereocenters. The Balaban J connectivity index is 1.55. The van der Waals surface area contributed by atoms with E-state index in [1.165, 1.54) is 0 Å². The molecule has 130 valence electrons. The Morgan fingerprint density at radius 1 is 1.24 bits per heavy atom. The van der Waals surface area contributed by atoms with Crippen molar-refractivity contribution in [3.8, 4) is 0 Å². The van der Waals surface area contributed by atoms with Gasteiger partial charge in [0.25, 0.3) is 0 Å². The standard InChI is InChI=1S/C17H21N7O/c1-23-8-14(21-22-23)12-7-24(9-15(12)25-2)10-16-19-13-6-4-3-5-11(13)17(18)20-16/h3-6,8,12,15H,7,9-10H2,1-2H3,(H2,18,19,20)/t12-,15+/m0/s1. The predicted molar refractivity (Wildman–Crippen MR) is 93.8 cm³/mol. The minimum Gasteiger partial charge on any atom is -0.383 e. The third-order valence-electron chi connectivity index (χ3n) is 4.69. The molecule has 4 rings (SSSR count). The predicted octanol–water partition coefficient (Wildman–Crippen LogP) is 0.955. The fraction of sp³-hybridized carbons (Fsp3) is 0.412. The topological polar surface area (TPSA) is 95.0 Å². The molecule has 0 saturated carbocycles. The maximum absolute atomic E-state index is 6.09. The van der Waals surface area contributed by atoms with Crippen LogP contribution in [0.15, 0.2) is 30.5 Å². The van der Waals surface area contributed by atoms with E-state index in [4.69, 9.17) is 10.5 Å². The van der Waals surface area contributed by atoms with Crippen molar-refractivity contribution in [2.45, 2.75) is 18.6 Å². The lowest BCUT2D eigenvalue weighted by Gasteiger charge is -2.15. The first-order valence-electron chi connectivity index (χ1n) is 8.26. The number of aromatic nitrogens is 5. The largest absolute Gasteiger partial charge is 0.383 e. The molecule has 0 aliphatic carbocycles. The normalized spacial score (nSPS) is 21.2. The zero-order valence-corrected chi connectivity index (χ0v) is 14.3. The summed E-state index contributed by atoms with van der Waals surface area (Å²) in [6.07, 6.45) is 2.03. The number of benzene rings is 1. The van der Waals surface area contributed by atoms with Crippen molar-refractivity contribution in [3.63, 3.8) is 0 Å². The number of ether oxygens (including phenoxy) is 1. The zero-order chi connectivity index (χ0) is 17.4. The van der Waals surface area contributed by atoms with Gasteiger partial charge < -0.3 is 10.5 Å². The van der Waals surface area contributed by atoms with Gasteiger partial charge in [-0.1, -0.05) is 17.3 Å². The molecule has 3 aromatic rings. The number of rotatable bonds is 4. The molecule has 1 aromatic carbocycles. The van der Waals surface area contributed by atoms with E-state index in [9.17, 15) is 0 Å². The molecule has 2 N–H and O–H groups in total. The molecule has 2 aromatic heterocycles. The van der Waals surface area contributed by atoms with Gasteiger partial charge in [0, 0.05) is 44.7 Å². The number of aryl methyl sites for hydroxylation is 1. The van der Waals surface area contributed by atoms with Gasteiger partial charge in [0.15, 0.2) is 0 Å². The third-order valence-corrected chi connectivity index (χ3v) is 4.69. The molecule has 1 aliphatic rings. The number of nitrogens with two attached hydrogens (primary N) is 1. The smallest absolute Gasteiger partial charge is 0.145 e. The van der Waals surface area contributed by atoms with Crippen LogP contribution in [0.3, 0.4) is 0 Å². The van der Waals surface area contributed by atoms with Gasteiger partial charge in [-0.3, -0.25) is 9.58 Å². The molecule has 0 bridgehead atoms. The number of nitrogen functional groups attached to an aromatic ring is 1. The van der Waals surface area contributed by atoms with E-state index in [1.807, 2.05) is 37.5 Å². The fourth-order valence-corrected chi connectivity index (χ4v) is 3.46. The van der Waals surface area contributed by atoms with Crippen molar-refractivity contribution < 1.29 is 4.74 Å². The van der Waals surface area contributed by atoms with Crippen molar-refractivity contribution in [3.05, 3.63) is 42.0 Å². The molecule has 1 fully saturated rings. The number of hydrogen-bond donors (Lipinski definition) is 1. The van der Waals surface area contributed by atoms with E-state index < -0.39 is 0 Å². The Hall–Kier alpha value is -2.58. The highest BCUT2D eigenvalue weighted by atomic mass is 16.5. The summed E-state index contributed by atoms with van der Waals surface area (Å²) in [5, 5.41) is 9.17. The lowest BCUT2D eigenvalue weighted by atomic mass is 10.0. The van der Waals surface area contributed by atoms with Crippen LogP contribution in [0.5, 0.6) is 0 Å². The van der Waals surface area contributed by atoms with Crippen LogP contribution in [0.4, 0.5) is 5.82 Å². The molecule has 2 atom stereocenters. The molecule has 0 amide bonds. The number of likely N-dealkylation sites (tertiary alicyclic amines) is 1. The van der Waals surface area contributed by atoms with Crippen LogP contribution in [-0.2, 0) is 18.3 Å². The van der Waals surface area contributed by atoms with Crippen LogP contribution in [0, 0.1) is 0 Å². The van der Waals surface area contributed by atoms with Gasteiger partial charge in [-0.2, -0.15) is 0 Å². The minimum atomic E-state index is 0.0782. The molecule has 3 heterocycles. The van der Waals surface area contributed by atoms with Crippen LogP contribution in [0.25, 0.3) is 10.9 Å². The van der Waals surface area contributed by atoms with E-state index in [0.29, 0.717) is 12.4 Å². The molecule has 8 heteroatoms. The second-order valence-electron chi connectivity index (χ2n) is 6.43. The Labute approximate surface area is 145 Å². The molecule has 1 saturated heterocycles. The van der Waals surface area contributed by atoms with E-state index >= 15 is 0 Å². The first-order chi connectivity index (χ1) is 12.1. The highest BCUT2D eigenvalue weighted by molar-refractivity contribution is 5.87. The van der Waals surface area contributed by atoms with Crippen molar-refractivity contribution in [1.29, 1.82) is 0 Å². The summed E-state index contributed by atoms with van der Waals surface area (Å²) in [5.74, 6) is 1.44. The van der Waals surface area contributed by atoms with Gasteiger partial charge in [0.05, 0.1) is 23.9 Å². The Morgan fingerprint density at radius 2 is 2.08 bits per heavy atom. The van der Waals surface area contributed by atoms with Crippen LogP contribution >= 0.6 is 0 Å². The Morgan fingerprint density at radius 3 is 2.84 bits per heavy atom. The quantitative estimate of drug-likeness (QED) is 0.756. The zero-order valence-electron chi connectivity index (χ0n) is 14.3. The maximum atomic E-state index is 6.09. The van der Waals surface area contributed by atoms with Crippen LogP contribution in [-0.4, -0.2) is 56.2 Å². The van der Waals surface area contributed by atoms with E-state index in [2.05, 4.69) is 25.2 Å². The summed E-state index contributed by atoms with van der Waals surface area (Å²) in [6, 6.07) is 7.80. The van der Waals surface area contributed by atoms with Gasteiger partial charge in [-0.05, 0) is 12.1 Å². The van der Waals surface area contributed by atoms with Crippen molar-refractivity contribution in [2.24, 2.45) is 7.05 Å². The monoisotopic (exact) mass is 339 g/mol. The van der Waals surface area contributed by atoms with Gasteiger partial charge >= 0.3 is 0 Å². The Bertz CT molecular complexity index is 894. The van der Waals surface area contributed by atoms with Crippen LogP contribution < -0.4 is 5.73 Å². The van der Waals surface area contributed by atoms with Gasteiger partial charge in [0.1, 0.15) is 11.6 Å². The fourth-order valence-electron chi connectivity index (χ4n) is 3.46. The average molecular weight is 339 g/mol. The van der Waals surface area contributed by atoms with Gasteiger partial charge in [-0.25, -0.2) is 9.97 Å². The summed E-state index contributed by atoms with van der Waals surface area (Å²) < 4.78 is 7.39. The summed E-state index contributed by atoms with van der Waals surface area (Å²) in [5.41, 5.74) is 7.92. The van der Waals surface area contributed by atoms with Crippen molar-refractivity contribution in [2.75, 3.05) is 25.9 Å². The summed E-state index contributed by atoms with van der Waals surface area (Å²) in [4.78, 5) is 11.4. The van der Waals surface area contributed by atoms with E-state index in [1.54, 1.807) is 11.8 Å². The van der Waals surface area contributed by atoms with Crippen LogP contribution in [0.2, 0.25) is 0 Å². The number of anilines is 1. The SMILES string of the molecule is CO[C@@H]1CN(Cc2nc(N)c3ccccc3n2)C[C@H]1c1cn(C)nn1. The molecular formula is C17H21N7O. The van der Waals surface area contributed by atoms with Gasteiger partial charge in [0.2, 0.25) is 0 Å². The summed E-state index contributed by atoms with van der Waals surface area (Å²) in [6.45, 7) is 2.26. The highest BCUT2D eigenvalue weighted by Crippen LogP contribution is 2.29. The van der Waals surface area contributed by atoms with Crippen molar-refractivity contribution >= 4 is 16.7 Å². The maximum Gasteiger partial charge on any atom is 0.145 e. The number of para-hydroxylation sites is 1. The minimum absolute atomic E-state index is 0.0782. The van der Waals surface area contributed by atoms with Crippen molar-refractivity contribution in [1.82, 2.24) is 29.9 Å². The summed E-state index contributed by atoms with van der Waals surface area (Å²) >= 11 is 0. The third kappa shape index (κ3) is 3.06. The first kappa shape index (κ1) is 15.9.